The van der Waals surface area contributed by atoms with Crippen LogP contribution in [0.3, 0.4) is 0 Å². The molecule has 1 aliphatic rings. The van der Waals surface area contributed by atoms with Crippen molar-refractivity contribution in [3.8, 4) is 11.4 Å². The van der Waals surface area contributed by atoms with Gasteiger partial charge in [-0.15, -0.1) is 0 Å². The van der Waals surface area contributed by atoms with Crippen LogP contribution in [0.4, 0.5) is 14.6 Å². The Bertz CT molecular complexity index is 982. The molecule has 1 N–H and O–H groups in total. The first kappa shape index (κ1) is 16.9. The van der Waals surface area contributed by atoms with Crippen LogP contribution in [0.1, 0.15) is 18.5 Å². The van der Waals surface area contributed by atoms with E-state index in [1.807, 2.05) is 4.90 Å². The molecular formula is C15H14F2N6O2S. The molecule has 1 saturated heterocycles. The van der Waals surface area contributed by atoms with Gasteiger partial charge >= 0.3 is 0 Å². The van der Waals surface area contributed by atoms with Crippen LogP contribution >= 0.6 is 0 Å². The molecule has 2 unspecified atom stereocenters. The number of fused-ring (bicyclic) bond motifs is 1. The fourth-order valence-corrected chi connectivity index (χ4v) is 3.55. The lowest BCUT2D eigenvalue weighted by molar-refractivity contribution is 0.144. The summed E-state index contributed by atoms with van der Waals surface area (Å²) < 4.78 is 47.7. The number of nitrogens with zero attached hydrogens (tertiary/aromatic N) is 6. The molecule has 26 heavy (non-hydrogen) atoms. The average Bonchev–Trinajstić information content (AvgIpc) is 3.28. The number of hydrogen-bond acceptors (Lipinski definition) is 6. The van der Waals surface area contributed by atoms with Crippen LogP contribution in [-0.4, -0.2) is 51.7 Å². The second kappa shape index (κ2) is 6.65. The summed E-state index contributed by atoms with van der Waals surface area (Å²) >= 11 is -1.88. The molecule has 1 fully saturated rings. The largest absolute Gasteiger partial charge is 0.355 e. The molecule has 0 spiro atoms. The van der Waals surface area contributed by atoms with Gasteiger partial charge in [-0.05, 0) is 18.6 Å². The van der Waals surface area contributed by atoms with Crippen molar-refractivity contribution in [2.45, 2.75) is 18.1 Å². The molecule has 4 rings (SSSR count). The highest BCUT2D eigenvalue weighted by atomic mass is 32.2. The Morgan fingerprint density at radius 3 is 2.85 bits per heavy atom. The molecule has 0 radical (unpaired) electrons. The lowest BCUT2D eigenvalue weighted by Crippen LogP contribution is -2.24. The van der Waals surface area contributed by atoms with Crippen molar-refractivity contribution in [3.05, 3.63) is 36.4 Å². The van der Waals surface area contributed by atoms with Crippen LogP contribution in [-0.2, 0) is 11.1 Å². The minimum Gasteiger partial charge on any atom is -0.355 e. The van der Waals surface area contributed by atoms with E-state index < -0.39 is 17.5 Å². The van der Waals surface area contributed by atoms with Crippen molar-refractivity contribution in [3.63, 3.8) is 0 Å². The number of anilines is 1. The molecule has 0 amide bonds. The number of hydrogen-bond donors (Lipinski definition) is 1. The van der Waals surface area contributed by atoms with Crippen molar-refractivity contribution < 1.29 is 17.5 Å². The van der Waals surface area contributed by atoms with Gasteiger partial charge in [-0.1, -0.05) is 0 Å². The van der Waals surface area contributed by atoms with Gasteiger partial charge in [-0.2, -0.15) is 5.10 Å². The Morgan fingerprint density at radius 1 is 1.27 bits per heavy atom. The second-order valence-electron chi connectivity index (χ2n) is 5.87. The Morgan fingerprint density at radius 2 is 2.12 bits per heavy atom. The Balaban J connectivity index is 1.70. The van der Waals surface area contributed by atoms with E-state index in [4.69, 9.17) is 0 Å². The summed E-state index contributed by atoms with van der Waals surface area (Å²) in [5.74, 6) is 0.600. The van der Waals surface area contributed by atoms with Gasteiger partial charge in [-0.3, -0.25) is 0 Å². The van der Waals surface area contributed by atoms with E-state index in [-0.39, 0.29) is 10.9 Å². The van der Waals surface area contributed by atoms with E-state index in [0.717, 1.165) is 0 Å². The first-order chi connectivity index (χ1) is 12.5. The third kappa shape index (κ3) is 3.03. The molecule has 2 atom stereocenters. The number of rotatable bonds is 4. The van der Waals surface area contributed by atoms with E-state index in [9.17, 15) is 17.5 Å². The third-order valence-electron chi connectivity index (χ3n) is 4.28. The zero-order chi connectivity index (χ0) is 18.3. The number of halogens is 2. The second-order valence-corrected chi connectivity index (χ2v) is 7.09. The van der Waals surface area contributed by atoms with Crippen molar-refractivity contribution in [1.82, 2.24) is 24.6 Å². The molecule has 3 aromatic rings. The molecule has 0 aromatic carbocycles. The Hall–Kier alpha value is -2.53. The summed E-state index contributed by atoms with van der Waals surface area (Å²) in [5.41, 5.74) is 1.03. The van der Waals surface area contributed by atoms with E-state index >= 15 is 0 Å². The van der Waals surface area contributed by atoms with Gasteiger partial charge in [0.2, 0.25) is 0 Å². The van der Waals surface area contributed by atoms with E-state index in [1.54, 1.807) is 6.07 Å². The van der Waals surface area contributed by atoms with Crippen LogP contribution in [0.5, 0.6) is 0 Å². The smallest absolute Gasteiger partial charge is 0.282 e. The van der Waals surface area contributed by atoms with Crippen LogP contribution < -0.4 is 4.90 Å². The van der Waals surface area contributed by atoms with Crippen LogP contribution in [0.25, 0.3) is 17.0 Å². The monoisotopic (exact) mass is 380 g/mol. The zero-order valence-corrected chi connectivity index (χ0v) is 14.2. The molecule has 4 heterocycles. The molecule has 0 bridgehead atoms. The van der Waals surface area contributed by atoms with Crippen LogP contribution in [0, 0.1) is 0 Å². The number of alkyl halides is 2. The summed E-state index contributed by atoms with van der Waals surface area (Å²) in [7, 11) is 0. The van der Waals surface area contributed by atoms with Gasteiger partial charge < -0.3 is 9.45 Å². The first-order valence-corrected chi connectivity index (χ1v) is 9.00. The maximum absolute atomic E-state index is 12.9. The summed E-state index contributed by atoms with van der Waals surface area (Å²) in [6.07, 6.45) is 0.789. The van der Waals surface area contributed by atoms with Crippen LogP contribution in [0.15, 0.2) is 30.7 Å². The molecule has 3 aromatic heterocycles. The van der Waals surface area contributed by atoms with Gasteiger partial charge in [-0.25, -0.2) is 32.5 Å². The summed E-state index contributed by atoms with van der Waals surface area (Å²) in [6, 6.07) is 4.41. The standard InChI is InChI=1S/C15H14F2N6O2S/c16-15(17)10-1-2-13-18-6-12(23(13)21-10)11-5-14(20-8-19-11)22-4-3-9(7-22)26(24)25/h1-2,5-6,8-9,15H,3-4,7H2,(H,24,25). The summed E-state index contributed by atoms with van der Waals surface area (Å²) in [4.78, 5) is 14.5. The quantitative estimate of drug-likeness (QED) is 0.691. The van der Waals surface area contributed by atoms with Crippen molar-refractivity contribution in [2.75, 3.05) is 18.0 Å². The minimum atomic E-state index is -2.68. The van der Waals surface area contributed by atoms with Gasteiger partial charge in [0.05, 0.1) is 17.1 Å². The summed E-state index contributed by atoms with van der Waals surface area (Å²) in [6.45, 7) is 1.02. The highest BCUT2D eigenvalue weighted by molar-refractivity contribution is 7.79. The highest BCUT2D eigenvalue weighted by Crippen LogP contribution is 2.25. The zero-order valence-electron chi connectivity index (χ0n) is 13.4. The molecule has 0 aliphatic carbocycles. The molecule has 11 heteroatoms. The third-order valence-corrected chi connectivity index (χ3v) is 5.23. The molecule has 8 nitrogen and oxygen atoms in total. The van der Waals surface area contributed by atoms with Crippen molar-refractivity contribution >= 4 is 22.5 Å². The fraction of sp³-hybridized carbons (Fsp3) is 0.333. The first-order valence-electron chi connectivity index (χ1n) is 7.83. The SMILES string of the molecule is O=S(O)C1CCN(c2cc(-c3cnc4ccc(C(F)F)nn34)ncn2)C1. The highest BCUT2D eigenvalue weighted by Gasteiger charge is 2.28. The lowest BCUT2D eigenvalue weighted by atomic mass is 10.3. The fourth-order valence-electron chi connectivity index (χ4n) is 2.94. The van der Waals surface area contributed by atoms with Gasteiger partial charge in [0.1, 0.15) is 23.5 Å². The van der Waals surface area contributed by atoms with Crippen LogP contribution in [0.2, 0.25) is 0 Å². The lowest BCUT2D eigenvalue weighted by Gasteiger charge is -2.17. The van der Waals surface area contributed by atoms with Gasteiger partial charge in [0, 0.05) is 19.2 Å². The normalized spacial score (nSPS) is 18.8. The number of aromatic nitrogens is 5. The maximum Gasteiger partial charge on any atom is 0.282 e. The topological polar surface area (TPSA) is 96.5 Å². The molecule has 0 saturated carbocycles. The van der Waals surface area contributed by atoms with Crippen molar-refractivity contribution in [1.29, 1.82) is 0 Å². The Labute approximate surface area is 149 Å². The predicted molar refractivity (Wildman–Crippen MR) is 90.4 cm³/mol. The molecule has 136 valence electrons. The van der Waals surface area contributed by atoms with E-state index in [2.05, 4.69) is 20.1 Å². The Kier molecular flexibility index (Phi) is 4.32. The van der Waals surface area contributed by atoms with E-state index in [1.165, 1.54) is 29.2 Å². The average molecular weight is 380 g/mol. The maximum atomic E-state index is 12.9. The molecular weight excluding hydrogens is 366 g/mol. The minimum absolute atomic E-state index is 0.320. The summed E-state index contributed by atoms with van der Waals surface area (Å²) in [5, 5.41) is 3.61. The van der Waals surface area contributed by atoms with E-state index in [0.29, 0.717) is 42.4 Å². The van der Waals surface area contributed by atoms with Gasteiger partial charge in [0.25, 0.3) is 6.43 Å². The van der Waals surface area contributed by atoms with Crippen molar-refractivity contribution in [2.24, 2.45) is 0 Å². The van der Waals surface area contributed by atoms with Gasteiger partial charge in [0.15, 0.2) is 16.7 Å². The number of imidazole rings is 1. The predicted octanol–water partition coefficient (Wildman–Crippen LogP) is 1.92. The molecule has 1 aliphatic heterocycles.